The van der Waals surface area contributed by atoms with Crippen molar-refractivity contribution in [3.05, 3.63) is 102 Å². The molecule has 37 heavy (non-hydrogen) atoms. The van der Waals surface area contributed by atoms with Gasteiger partial charge in [-0.15, -0.1) is 0 Å². The van der Waals surface area contributed by atoms with Crippen LogP contribution in [0.4, 0.5) is 21.9 Å². The second kappa shape index (κ2) is 9.78. The van der Waals surface area contributed by atoms with Gasteiger partial charge in [0.05, 0.1) is 23.3 Å². The lowest BCUT2D eigenvalue weighted by atomic mass is 9.86. The van der Waals surface area contributed by atoms with Gasteiger partial charge in [0.25, 0.3) is 0 Å². The van der Waals surface area contributed by atoms with Gasteiger partial charge < -0.3 is 15.4 Å². The number of ether oxygens (including phenoxy) is 1. The lowest BCUT2D eigenvalue weighted by molar-refractivity contribution is -0.117. The van der Waals surface area contributed by atoms with Crippen LogP contribution in [-0.4, -0.2) is 17.0 Å². The zero-order valence-corrected chi connectivity index (χ0v) is 21.0. The van der Waals surface area contributed by atoms with E-state index < -0.39 is 11.6 Å². The van der Waals surface area contributed by atoms with Gasteiger partial charge in [0.15, 0.2) is 0 Å². The minimum atomic E-state index is -0.649. The van der Waals surface area contributed by atoms with Crippen molar-refractivity contribution in [1.29, 1.82) is 0 Å². The Kier molecular flexibility index (Phi) is 6.36. The number of hydrogen-bond acceptors (Lipinski definition) is 5. The number of para-hydroxylation sites is 1. The van der Waals surface area contributed by atoms with E-state index in [2.05, 4.69) is 45.2 Å². The fraction of sp³-hybridized carbons (Fsp3) is 0.167. The molecule has 1 aliphatic heterocycles. The number of carbonyl (C=O) groups is 2. The van der Waals surface area contributed by atoms with Crippen LogP contribution >= 0.6 is 0 Å². The second-order valence-corrected chi connectivity index (χ2v) is 9.49. The van der Waals surface area contributed by atoms with Crippen molar-refractivity contribution in [2.75, 3.05) is 16.0 Å². The molecule has 1 aliphatic rings. The Morgan fingerprint density at radius 3 is 2.41 bits per heavy atom. The van der Waals surface area contributed by atoms with Gasteiger partial charge in [0.2, 0.25) is 5.91 Å². The highest BCUT2D eigenvalue weighted by Gasteiger charge is 2.33. The molecular weight excluding hydrogens is 464 g/mol. The van der Waals surface area contributed by atoms with Gasteiger partial charge in [0, 0.05) is 17.1 Å². The Morgan fingerprint density at radius 1 is 0.892 bits per heavy atom. The zero-order chi connectivity index (χ0) is 26.0. The summed E-state index contributed by atoms with van der Waals surface area (Å²) in [4.78, 5) is 29.8. The molecule has 0 saturated carbocycles. The number of nitrogens with zero attached hydrogens (tertiary/aromatic N) is 1. The van der Waals surface area contributed by atoms with Gasteiger partial charge in [-0.25, -0.2) is 4.79 Å². The van der Waals surface area contributed by atoms with Crippen LogP contribution in [-0.2, 0) is 10.3 Å². The number of benzene rings is 3. The topological polar surface area (TPSA) is 92.4 Å². The maximum atomic E-state index is 13.0. The molecule has 0 saturated heterocycles. The van der Waals surface area contributed by atoms with Crippen molar-refractivity contribution < 1.29 is 14.3 Å². The van der Waals surface area contributed by atoms with Gasteiger partial charge in [-0.2, -0.15) is 0 Å². The molecule has 3 aromatic carbocycles. The van der Waals surface area contributed by atoms with Crippen molar-refractivity contribution in [1.82, 2.24) is 4.98 Å². The molecule has 2 amide bonds. The fourth-order valence-electron chi connectivity index (χ4n) is 4.65. The highest BCUT2D eigenvalue weighted by molar-refractivity contribution is 5.99. The molecule has 0 fully saturated rings. The van der Waals surface area contributed by atoms with Crippen LogP contribution in [0.1, 0.15) is 30.3 Å². The summed E-state index contributed by atoms with van der Waals surface area (Å²) in [5.41, 5.74) is 6.28. The highest BCUT2D eigenvalue weighted by Crippen LogP contribution is 2.38. The largest absolute Gasteiger partial charge is 0.417 e. The summed E-state index contributed by atoms with van der Waals surface area (Å²) in [6.07, 6.45) is -0.375. The predicted octanol–water partition coefficient (Wildman–Crippen LogP) is 6.65. The minimum absolute atomic E-state index is 0.126. The highest BCUT2D eigenvalue weighted by atomic mass is 16.6. The molecule has 186 valence electrons. The van der Waals surface area contributed by atoms with Crippen molar-refractivity contribution in [2.24, 2.45) is 0 Å². The number of pyridine rings is 1. The molecule has 2 heterocycles. The predicted molar refractivity (Wildman–Crippen MR) is 146 cm³/mol. The monoisotopic (exact) mass is 492 g/mol. The maximum Gasteiger partial charge on any atom is 0.417 e. The van der Waals surface area contributed by atoms with E-state index >= 15 is 0 Å². The van der Waals surface area contributed by atoms with Gasteiger partial charge >= 0.3 is 6.09 Å². The van der Waals surface area contributed by atoms with Crippen LogP contribution in [0.2, 0.25) is 0 Å². The number of aromatic nitrogens is 1. The standard InChI is InChI=1S/C30H28N4O3/c1-19-14-22(15-20(2)31-19)21-8-7-9-23(16-21)30(3)18-28(35)33-27-17-24(12-13-26(27)34-30)32-29(36)37-25-10-5-4-6-11-25/h4-17,34H,18H2,1-3H3,(H,32,36)(H,33,35). The third kappa shape index (κ3) is 5.46. The summed E-state index contributed by atoms with van der Waals surface area (Å²) in [7, 11) is 0. The molecule has 0 spiro atoms. The van der Waals surface area contributed by atoms with E-state index in [0.29, 0.717) is 17.1 Å². The molecule has 1 aromatic heterocycles. The lowest BCUT2D eigenvalue weighted by Crippen LogP contribution is -2.34. The number of rotatable bonds is 4. The van der Waals surface area contributed by atoms with E-state index in [1.165, 1.54) is 0 Å². The molecule has 7 heteroatoms. The molecule has 5 rings (SSSR count). The van der Waals surface area contributed by atoms with E-state index in [0.717, 1.165) is 33.8 Å². The second-order valence-electron chi connectivity index (χ2n) is 9.49. The third-order valence-corrected chi connectivity index (χ3v) is 6.33. The van der Waals surface area contributed by atoms with Crippen LogP contribution in [0.5, 0.6) is 5.75 Å². The summed E-state index contributed by atoms with van der Waals surface area (Å²) in [6.45, 7) is 5.99. The average Bonchev–Trinajstić information content (AvgIpc) is 2.99. The first-order valence-electron chi connectivity index (χ1n) is 12.1. The normalized spacial score (nSPS) is 16.6. The molecule has 4 aromatic rings. The Labute approximate surface area is 215 Å². The van der Waals surface area contributed by atoms with Crippen molar-refractivity contribution in [3.63, 3.8) is 0 Å². The van der Waals surface area contributed by atoms with E-state index in [9.17, 15) is 9.59 Å². The van der Waals surface area contributed by atoms with Crippen molar-refractivity contribution in [2.45, 2.75) is 32.7 Å². The van der Waals surface area contributed by atoms with Crippen molar-refractivity contribution >= 4 is 29.1 Å². The number of carbonyl (C=O) groups excluding carboxylic acids is 2. The molecule has 0 bridgehead atoms. The zero-order valence-electron chi connectivity index (χ0n) is 21.0. The summed E-state index contributed by atoms with van der Waals surface area (Å²) < 4.78 is 5.30. The first-order chi connectivity index (χ1) is 17.8. The first kappa shape index (κ1) is 24.1. The Morgan fingerprint density at radius 2 is 1.65 bits per heavy atom. The summed E-state index contributed by atoms with van der Waals surface area (Å²) in [5.74, 6) is 0.318. The Balaban J connectivity index is 1.40. The first-order valence-corrected chi connectivity index (χ1v) is 12.1. The Bertz CT molecular complexity index is 1470. The van der Waals surface area contributed by atoms with Crippen LogP contribution in [0.15, 0.2) is 84.9 Å². The lowest BCUT2D eigenvalue weighted by Gasteiger charge is -2.30. The van der Waals surface area contributed by atoms with Gasteiger partial charge in [0.1, 0.15) is 5.75 Å². The number of fused-ring (bicyclic) bond motifs is 1. The van der Waals surface area contributed by atoms with Crippen LogP contribution in [0.3, 0.4) is 0 Å². The van der Waals surface area contributed by atoms with Gasteiger partial charge in [-0.05, 0) is 86.0 Å². The van der Waals surface area contributed by atoms with E-state index in [4.69, 9.17) is 4.74 Å². The molecular formula is C30H28N4O3. The number of anilines is 3. The molecule has 3 N–H and O–H groups in total. The van der Waals surface area contributed by atoms with Crippen LogP contribution < -0.4 is 20.7 Å². The summed E-state index contributed by atoms with van der Waals surface area (Å²) >= 11 is 0. The SMILES string of the molecule is Cc1cc(-c2cccc(C3(C)CC(=O)Nc4cc(NC(=O)Oc5ccccc5)ccc4N3)c2)cc(C)n1. The molecule has 1 unspecified atom stereocenters. The number of nitrogens with one attached hydrogen (secondary N) is 3. The molecule has 0 radical (unpaired) electrons. The van der Waals surface area contributed by atoms with E-state index in [-0.39, 0.29) is 12.3 Å². The molecule has 0 aliphatic carbocycles. The Hall–Kier alpha value is -4.65. The number of hydrogen-bond donors (Lipinski definition) is 3. The number of aryl methyl sites for hydroxylation is 2. The number of amides is 2. The van der Waals surface area contributed by atoms with E-state index in [1.54, 1.807) is 36.4 Å². The summed E-state index contributed by atoms with van der Waals surface area (Å²) in [5, 5.41) is 9.25. The van der Waals surface area contributed by atoms with Crippen LogP contribution in [0, 0.1) is 13.8 Å². The summed E-state index contributed by atoms with van der Waals surface area (Å²) in [6, 6.07) is 26.5. The van der Waals surface area contributed by atoms with Gasteiger partial charge in [-0.3, -0.25) is 15.1 Å². The van der Waals surface area contributed by atoms with Crippen molar-refractivity contribution in [3.8, 4) is 16.9 Å². The van der Waals surface area contributed by atoms with Gasteiger partial charge in [-0.1, -0.05) is 36.4 Å². The fourth-order valence-corrected chi connectivity index (χ4v) is 4.65. The quantitative estimate of drug-likeness (QED) is 0.297. The minimum Gasteiger partial charge on any atom is -0.410 e. The third-order valence-electron chi connectivity index (χ3n) is 6.33. The van der Waals surface area contributed by atoms with E-state index in [1.807, 2.05) is 45.0 Å². The van der Waals surface area contributed by atoms with Crippen LogP contribution in [0.25, 0.3) is 11.1 Å². The molecule has 7 nitrogen and oxygen atoms in total. The average molecular weight is 493 g/mol. The maximum absolute atomic E-state index is 13.0. The molecule has 1 atom stereocenters. The smallest absolute Gasteiger partial charge is 0.410 e.